The second kappa shape index (κ2) is 11.1. The number of halogens is 6. The number of hydrogen-bond acceptors (Lipinski definition) is 5. The van der Waals surface area contributed by atoms with Crippen molar-refractivity contribution in [1.82, 2.24) is 9.80 Å². The van der Waals surface area contributed by atoms with E-state index >= 15 is 0 Å². The first-order valence-corrected chi connectivity index (χ1v) is 11.5. The molecule has 0 atom stereocenters. The fraction of sp³-hybridized carbons (Fsp3) is 0.458. The molecule has 2 aromatic rings. The first-order chi connectivity index (χ1) is 17.5. The van der Waals surface area contributed by atoms with Crippen molar-refractivity contribution < 1.29 is 45.3 Å². The predicted octanol–water partition coefficient (Wildman–Crippen LogP) is 5.21. The predicted molar refractivity (Wildman–Crippen MR) is 120 cm³/mol. The maximum Gasteiger partial charge on any atom is 0.416 e. The molecule has 2 aliphatic heterocycles. The number of rotatable bonds is 7. The van der Waals surface area contributed by atoms with E-state index in [1.807, 2.05) is 0 Å². The van der Waals surface area contributed by atoms with E-state index < -0.39 is 35.2 Å². The van der Waals surface area contributed by atoms with Gasteiger partial charge in [0.05, 0.1) is 24.3 Å². The molecule has 0 aliphatic carbocycles. The van der Waals surface area contributed by atoms with Crippen molar-refractivity contribution in [2.75, 3.05) is 51.5 Å². The zero-order valence-electron chi connectivity index (χ0n) is 19.6. The molecule has 0 saturated carbocycles. The van der Waals surface area contributed by atoms with Crippen molar-refractivity contribution in [2.45, 2.75) is 25.3 Å². The van der Waals surface area contributed by atoms with Crippen LogP contribution in [0.15, 0.2) is 36.4 Å². The highest BCUT2D eigenvalue weighted by atomic mass is 19.4. The van der Waals surface area contributed by atoms with Crippen molar-refractivity contribution in [3.05, 3.63) is 53.1 Å². The van der Waals surface area contributed by atoms with Gasteiger partial charge in [0.25, 0.3) is 0 Å². The molecule has 0 unspecified atom stereocenters. The molecular formula is C24H25F6N3O4. The molecule has 2 aliphatic rings. The molecule has 1 saturated heterocycles. The quantitative estimate of drug-likeness (QED) is 0.496. The van der Waals surface area contributed by atoms with Crippen LogP contribution in [-0.4, -0.2) is 62.0 Å². The Labute approximate surface area is 208 Å². The van der Waals surface area contributed by atoms with Crippen LogP contribution in [0.25, 0.3) is 0 Å². The third-order valence-electron chi connectivity index (χ3n) is 5.94. The molecule has 0 spiro atoms. The molecular weight excluding hydrogens is 508 g/mol. The normalized spacial score (nSPS) is 16.1. The summed E-state index contributed by atoms with van der Waals surface area (Å²) in [5, 5.41) is 2.23. The van der Waals surface area contributed by atoms with E-state index in [0.717, 1.165) is 13.1 Å². The number of nitrogens with one attached hydrogen (secondary N) is 1. The number of hydrogen-bond donors (Lipinski definition) is 1. The van der Waals surface area contributed by atoms with Crippen LogP contribution in [0.4, 0.5) is 36.8 Å². The molecule has 1 N–H and O–H groups in total. The number of carbonyl (C=O) groups is 1. The topological polar surface area (TPSA) is 63.3 Å². The Morgan fingerprint density at radius 2 is 1.57 bits per heavy atom. The molecule has 1 fully saturated rings. The number of benzene rings is 2. The lowest BCUT2D eigenvalue weighted by Gasteiger charge is -2.28. The summed E-state index contributed by atoms with van der Waals surface area (Å²) < 4.78 is 95.4. The van der Waals surface area contributed by atoms with Gasteiger partial charge in [0, 0.05) is 38.4 Å². The summed E-state index contributed by atoms with van der Waals surface area (Å²) in [6.45, 7) is 3.63. The maximum atomic E-state index is 13.2. The van der Waals surface area contributed by atoms with Crippen molar-refractivity contribution >= 4 is 11.7 Å². The minimum Gasteiger partial charge on any atom is -0.454 e. The Balaban J connectivity index is 1.52. The van der Waals surface area contributed by atoms with Gasteiger partial charge in [-0.3, -0.25) is 4.90 Å². The molecule has 7 nitrogen and oxygen atoms in total. The smallest absolute Gasteiger partial charge is 0.416 e. The van der Waals surface area contributed by atoms with Gasteiger partial charge in [0.2, 0.25) is 6.79 Å². The van der Waals surface area contributed by atoms with E-state index in [9.17, 15) is 31.1 Å². The van der Waals surface area contributed by atoms with Crippen molar-refractivity contribution in [3.8, 4) is 11.5 Å². The number of carbonyl (C=O) groups excluding carboxylic acids is 1. The highest BCUT2D eigenvalue weighted by Crippen LogP contribution is 2.38. The number of ether oxygens (including phenoxy) is 3. The Hall–Kier alpha value is -3.19. The zero-order valence-corrected chi connectivity index (χ0v) is 19.6. The van der Waals surface area contributed by atoms with Gasteiger partial charge in [0.15, 0.2) is 11.5 Å². The van der Waals surface area contributed by atoms with Crippen LogP contribution in [0.5, 0.6) is 11.5 Å². The van der Waals surface area contributed by atoms with E-state index in [1.54, 1.807) is 18.2 Å². The lowest BCUT2D eigenvalue weighted by atomic mass is 10.1. The first kappa shape index (κ1) is 26.9. The second-order valence-corrected chi connectivity index (χ2v) is 8.64. The van der Waals surface area contributed by atoms with Gasteiger partial charge >= 0.3 is 18.4 Å². The number of amides is 2. The SMILES string of the molecule is O=C(Nc1cc(C(F)(F)F)cc(C(F)(F)F)c1)N(CCCN1CCOCC1)Cc1ccc2c(c1)OCO2. The van der Waals surface area contributed by atoms with Crippen molar-refractivity contribution in [2.24, 2.45) is 0 Å². The average Bonchev–Trinajstić information content (AvgIpc) is 3.31. The maximum absolute atomic E-state index is 13.2. The summed E-state index contributed by atoms with van der Waals surface area (Å²) in [7, 11) is 0. The van der Waals surface area contributed by atoms with Crippen molar-refractivity contribution in [1.29, 1.82) is 0 Å². The van der Waals surface area contributed by atoms with Crippen LogP contribution in [0.3, 0.4) is 0 Å². The largest absolute Gasteiger partial charge is 0.454 e. The van der Waals surface area contributed by atoms with E-state index in [-0.39, 0.29) is 25.9 Å². The van der Waals surface area contributed by atoms with Gasteiger partial charge in [-0.2, -0.15) is 26.3 Å². The molecule has 2 aromatic carbocycles. The second-order valence-electron chi connectivity index (χ2n) is 8.64. The third kappa shape index (κ3) is 7.19. The highest BCUT2D eigenvalue weighted by molar-refractivity contribution is 5.89. The number of urea groups is 1. The summed E-state index contributed by atoms with van der Waals surface area (Å²) in [5.41, 5.74) is -2.96. The summed E-state index contributed by atoms with van der Waals surface area (Å²) in [4.78, 5) is 16.6. The zero-order chi connectivity index (χ0) is 26.6. The molecule has 0 aromatic heterocycles. The van der Waals surface area contributed by atoms with Gasteiger partial charge in [-0.15, -0.1) is 0 Å². The van der Waals surface area contributed by atoms with Crippen LogP contribution >= 0.6 is 0 Å². The monoisotopic (exact) mass is 533 g/mol. The van der Waals surface area contributed by atoms with Gasteiger partial charge in [-0.25, -0.2) is 4.79 Å². The Morgan fingerprint density at radius 1 is 0.919 bits per heavy atom. The van der Waals surface area contributed by atoms with E-state index in [1.165, 1.54) is 4.90 Å². The summed E-state index contributed by atoms with van der Waals surface area (Å²) in [5.74, 6) is 1.02. The minimum atomic E-state index is -5.02. The summed E-state index contributed by atoms with van der Waals surface area (Å²) >= 11 is 0. The summed E-state index contributed by atoms with van der Waals surface area (Å²) in [6.07, 6.45) is -9.51. The molecule has 2 heterocycles. The van der Waals surface area contributed by atoms with Crippen LogP contribution in [0.1, 0.15) is 23.1 Å². The van der Waals surface area contributed by atoms with Crippen LogP contribution < -0.4 is 14.8 Å². The lowest BCUT2D eigenvalue weighted by Crippen LogP contribution is -2.40. The molecule has 0 radical (unpaired) electrons. The van der Waals surface area contributed by atoms with Gasteiger partial charge in [-0.05, 0) is 42.3 Å². The molecule has 2 amide bonds. The highest BCUT2D eigenvalue weighted by Gasteiger charge is 2.37. The number of morpholine rings is 1. The van der Waals surface area contributed by atoms with Crippen LogP contribution in [0.2, 0.25) is 0 Å². The Kier molecular flexibility index (Phi) is 8.02. The van der Waals surface area contributed by atoms with Crippen molar-refractivity contribution in [3.63, 3.8) is 0 Å². The van der Waals surface area contributed by atoms with Crippen LogP contribution in [0, 0.1) is 0 Å². The third-order valence-corrected chi connectivity index (χ3v) is 5.94. The number of anilines is 1. The lowest BCUT2D eigenvalue weighted by molar-refractivity contribution is -0.143. The van der Waals surface area contributed by atoms with Gasteiger partial charge in [0.1, 0.15) is 0 Å². The number of alkyl halides is 6. The molecule has 4 rings (SSSR count). The molecule has 202 valence electrons. The van der Waals surface area contributed by atoms with E-state index in [4.69, 9.17) is 14.2 Å². The fourth-order valence-electron chi connectivity index (χ4n) is 4.05. The molecule has 0 bridgehead atoms. The first-order valence-electron chi connectivity index (χ1n) is 11.5. The minimum absolute atomic E-state index is 0.0162. The number of fused-ring (bicyclic) bond motifs is 1. The Bertz CT molecular complexity index is 1070. The molecule has 37 heavy (non-hydrogen) atoms. The standard InChI is InChI=1S/C24H25F6N3O4/c25-23(26,27)17-11-18(24(28,29)30)13-19(12-17)31-22(34)33(5-1-4-32-6-8-35-9-7-32)14-16-2-3-20-21(10-16)37-15-36-20/h2-3,10-13H,1,4-9,14-15H2,(H,31,34). The molecule has 13 heteroatoms. The average molecular weight is 533 g/mol. The van der Waals surface area contributed by atoms with Crippen LogP contribution in [-0.2, 0) is 23.6 Å². The summed E-state index contributed by atoms with van der Waals surface area (Å²) in [6, 6.07) is 5.22. The van der Waals surface area contributed by atoms with Gasteiger partial charge < -0.3 is 24.4 Å². The van der Waals surface area contributed by atoms with Gasteiger partial charge in [-0.1, -0.05) is 6.07 Å². The van der Waals surface area contributed by atoms with E-state index in [0.29, 0.717) is 55.4 Å². The fourth-order valence-corrected chi connectivity index (χ4v) is 4.05. The Morgan fingerprint density at radius 3 is 2.22 bits per heavy atom. The number of nitrogens with zero attached hydrogens (tertiary/aromatic N) is 2. The van der Waals surface area contributed by atoms with E-state index in [2.05, 4.69) is 10.2 Å².